The van der Waals surface area contributed by atoms with Gasteiger partial charge in [0.1, 0.15) is 0 Å². The monoisotopic (exact) mass is 369 g/mol. The van der Waals surface area contributed by atoms with E-state index in [0.717, 1.165) is 27.2 Å². The van der Waals surface area contributed by atoms with Crippen molar-refractivity contribution >= 4 is 33.2 Å². The van der Waals surface area contributed by atoms with Gasteiger partial charge in [0, 0.05) is 16.2 Å². The topological polar surface area (TPSA) is 30.5 Å². The van der Waals surface area contributed by atoms with Crippen LogP contribution in [0.25, 0.3) is 0 Å². The molecule has 0 aliphatic rings. The molecule has 1 N–H and O–H groups in total. The molecule has 0 heterocycles. The summed E-state index contributed by atoms with van der Waals surface area (Å²) in [5, 5.41) is 4.12. The Kier molecular flexibility index (Phi) is 5.37. The number of methoxy groups -OCH3 is 2. The number of hydrogen-bond donors (Lipinski definition) is 1. The first-order chi connectivity index (χ1) is 10.0. The molecule has 0 aliphatic heterocycles. The largest absolute Gasteiger partial charge is 0.493 e. The van der Waals surface area contributed by atoms with Crippen LogP contribution in [-0.4, -0.2) is 14.2 Å². The minimum Gasteiger partial charge on any atom is -0.493 e. The summed E-state index contributed by atoms with van der Waals surface area (Å²) in [6.07, 6.45) is 0. The molecular formula is C16H17BrClNO2. The summed E-state index contributed by atoms with van der Waals surface area (Å²) in [5.74, 6) is 1.45. The lowest BCUT2D eigenvalue weighted by Crippen LogP contribution is -2.07. The Labute approximate surface area is 138 Å². The van der Waals surface area contributed by atoms with Gasteiger partial charge in [-0.2, -0.15) is 0 Å². The zero-order valence-corrected chi connectivity index (χ0v) is 14.5. The van der Waals surface area contributed by atoms with Gasteiger partial charge >= 0.3 is 0 Å². The average molecular weight is 371 g/mol. The Morgan fingerprint density at radius 3 is 2.38 bits per heavy atom. The molecule has 0 amide bonds. The maximum Gasteiger partial charge on any atom is 0.161 e. The van der Waals surface area contributed by atoms with Crippen LogP contribution in [-0.2, 0) is 0 Å². The average Bonchev–Trinajstić information content (AvgIpc) is 2.50. The van der Waals surface area contributed by atoms with Gasteiger partial charge in [0.05, 0.1) is 19.2 Å². The van der Waals surface area contributed by atoms with E-state index in [1.165, 1.54) is 0 Å². The molecule has 0 radical (unpaired) electrons. The number of anilines is 1. The predicted octanol–water partition coefficient (Wildman–Crippen LogP) is 5.29. The minimum absolute atomic E-state index is 0.123. The van der Waals surface area contributed by atoms with Crippen LogP contribution in [0.4, 0.5) is 5.69 Å². The van der Waals surface area contributed by atoms with Gasteiger partial charge in [-0.25, -0.2) is 0 Å². The Hall–Kier alpha value is -1.39. The Balaban J connectivity index is 2.19. The molecule has 0 bridgehead atoms. The first-order valence-electron chi connectivity index (χ1n) is 6.48. The molecule has 0 saturated carbocycles. The Bertz CT molecular complexity index is 634. The van der Waals surface area contributed by atoms with Crippen LogP contribution >= 0.6 is 27.5 Å². The van der Waals surface area contributed by atoms with Crippen LogP contribution < -0.4 is 14.8 Å². The molecule has 0 saturated heterocycles. The lowest BCUT2D eigenvalue weighted by atomic mass is 10.1. The molecular weight excluding hydrogens is 354 g/mol. The fourth-order valence-electron chi connectivity index (χ4n) is 2.04. The highest BCUT2D eigenvalue weighted by Crippen LogP contribution is 2.32. The molecule has 1 unspecified atom stereocenters. The van der Waals surface area contributed by atoms with Gasteiger partial charge in [0.2, 0.25) is 0 Å². The van der Waals surface area contributed by atoms with Crippen LogP contribution in [0.15, 0.2) is 40.9 Å². The molecule has 112 valence electrons. The minimum atomic E-state index is 0.123. The standard InChI is InChI=1S/C16H17BrClNO2/c1-10(19-12-5-6-14(18)13(17)9-12)11-4-7-15(20-2)16(8-11)21-3/h4-10,19H,1-3H3. The Morgan fingerprint density at radius 1 is 1.05 bits per heavy atom. The lowest BCUT2D eigenvalue weighted by Gasteiger charge is -2.18. The summed E-state index contributed by atoms with van der Waals surface area (Å²) < 4.78 is 11.5. The highest BCUT2D eigenvalue weighted by Gasteiger charge is 2.10. The maximum absolute atomic E-state index is 6.00. The molecule has 3 nitrogen and oxygen atoms in total. The van der Waals surface area contributed by atoms with Crippen molar-refractivity contribution in [3.63, 3.8) is 0 Å². The zero-order chi connectivity index (χ0) is 15.4. The van der Waals surface area contributed by atoms with Crippen molar-refractivity contribution in [2.45, 2.75) is 13.0 Å². The first kappa shape index (κ1) is 16.0. The van der Waals surface area contributed by atoms with Crippen LogP contribution in [0.5, 0.6) is 11.5 Å². The van der Waals surface area contributed by atoms with Gasteiger partial charge in [-0.15, -0.1) is 0 Å². The maximum atomic E-state index is 6.00. The van der Waals surface area contributed by atoms with Gasteiger partial charge in [-0.05, 0) is 58.7 Å². The summed E-state index contributed by atoms with van der Waals surface area (Å²) in [7, 11) is 3.26. The van der Waals surface area contributed by atoms with Crippen LogP contribution in [0.1, 0.15) is 18.5 Å². The van der Waals surface area contributed by atoms with Crippen LogP contribution in [0, 0.1) is 0 Å². The van der Waals surface area contributed by atoms with Crippen molar-refractivity contribution in [3.05, 3.63) is 51.5 Å². The number of halogens is 2. The first-order valence-corrected chi connectivity index (χ1v) is 7.65. The third-order valence-electron chi connectivity index (χ3n) is 3.21. The van der Waals surface area contributed by atoms with E-state index in [1.54, 1.807) is 14.2 Å². The van der Waals surface area contributed by atoms with Crippen molar-refractivity contribution < 1.29 is 9.47 Å². The second-order valence-corrected chi connectivity index (χ2v) is 5.87. The number of benzene rings is 2. The second kappa shape index (κ2) is 7.05. The van der Waals surface area contributed by atoms with Gasteiger partial charge < -0.3 is 14.8 Å². The molecule has 2 aromatic rings. The van der Waals surface area contributed by atoms with Gasteiger partial charge in [-0.1, -0.05) is 17.7 Å². The van der Waals surface area contributed by atoms with E-state index in [4.69, 9.17) is 21.1 Å². The molecule has 21 heavy (non-hydrogen) atoms. The fourth-order valence-corrected chi connectivity index (χ4v) is 2.54. The van der Waals surface area contributed by atoms with Crippen molar-refractivity contribution in [2.75, 3.05) is 19.5 Å². The van der Waals surface area contributed by atoms with E-state index in [1.807, 2.05) is 36.4 Å². The van der Waals surface area contributed by atoms with Crippen LogP contribution in [0.3, 0.4) is 0 Å². The summed E-state index contributed by atoms with van der Waals surface area (Å²) in [5.41, 5.74) is 2.10. The molecule has 0 aromatic heterocycles. The zero-order valence-electron chi connectivity index (χ0n) is 12.1. The number of rotatable bonds is 5. The number of ether oxygens (including phenoxy) is 2. The van der Waals surface area contributed by atoms with Gasteiger partial charge in [0.25, 0.3) is 0 Å². The Morgan fingerprint density at radius 2 is 1.76 bits per heavy atom. The normalized spacial score (nSPS) is 11.9. The summed E-state index contributed by atoms with van der Waals surface area (Å²) in [6.45, 7) is 2.09. The summed E-state index contributed by atoms with van der Waals surface area (Å²) >= 11 is 9.43. The fraction of sp³-hybridized carbons (Fsp3) is 0.250. The summed E-state index contributed by atoms with van der Waals surface area (Å²) in [6, 6.07) is 11.8. The molecule has 0 fully saturated rings. The van der Waals surface area contributed by atoms with E-state index in [0.29, 0.717) is 5.02 Å². The number of hydrogen-bond acceptors (Lipinski definition) is 3. The van der Waals surface area contributed by atoms with Crippen molar-refractivity contribution in [2.24, 2.45) is 0 Å². The molecule has 1 atom stereocenters. The smallest absolute Gasteiger partial charge is 0.161 e. The second-order valence-electron chi connectivity index (χ2n) is 4.61. The number of nitrogens with one attached hydrogen (secondary N) is 1. The van der Waals surface area contributed by atoms with E-state index in [9.17, 15) is 0 Å². The highest BCUT2D eigenvalue weighted by molar-refractivity contribution is 9.10. The molecule has 2 aromatic carbocycles. The highest BCUT2D eigenvalue weighted by atomic mass is 79.9. The third-order valence-corrected chi connectivity index (χ3v) is 4.42. The lowest BCUT2D eigenvalue weighted by molar-refractivity contribution is 0.354. The van der Waals surface area contributed by atoms with E-state index < -0.39 is 0 Å². The predicted molar refractivity (Wildman–Crippen MR) is 90.7 cm³/mol. The quantitative estimate of drug-likeness (QED) is 0.775. The molecule has 2 rings (SSSR count). The van der Waals surface area contributed by atoms with Crippen molar-refractivity contribution in [1.82, 2.24) is 0 Å². The third kappa shape index (κ3) is 3.83. The van der Waals surface area contributed by atoms with Gasteiger partial charge in [-0.3, -0.25) is 0 Å². The van der Waals surface area contributed by atoms with Crippen molar-refractivity contribution in [1.29, 1.82) is 0 Å². The van der Waals surface area contributed by atoms with E-state index >= 15 is 0 Å². The van der Waals surface area contributed by atoms with E-state index in [-0.39, 0.29) is 6.04 Å². The van der Waals surface area contributed by atoms with Gasteiger partial charge in [0.15, 0.2) is 11.5 Å². The summed E-state index contributed by atoms with van der Waals surface area (Å²) in [4.78, 5) is 0. The molecule has 0 aliphatic carbocycles. The van der Waals surface area contributed by atoms with E-state index in [2.05, 4.69) is 28.2 Å². The van der Waals surface area contributed by atoms with Crippen LogP contribution in [0.2, 0.25) is 5.02 Å². The molecule has 5 heteroatoms. The van der Waals surface area contributed by atoms with Crippen molar-refractivity contribution in [3.8, 4) is 11.5 Å². The SMILES string of the molecule is COc1ccc(C(C)Nc2ccc(Cl)c(Br)c2)cc1OC. The molecule has 0 spiro atoms.